The number of carbonyl (C=O) groups excluding carboxylic acids is 1. The molecule has 1 saturated carbocycles. The molecule has 2 rings (SSSR count). The van der Waals surface area contributed by atoms with Crippen LogP contribution in [0.3, 0.4) is 0 Å². The van der Waals surface area contributed by atoms with E-state index in [9.17, 15) is 4.79 Å². The minimum atomic E-state index is -0.588. The molecule has 0 radical (unpaired) electrons. The molecule has 1 aromatic carbocycles. The topological polar surface area (TPSA) is 64.3 Å². The van der Waals surface area contributed by atoms with Crippen molar-refractivity contribution < 1.29 is 9.53 Å². The Balaban J connectivity index is 1.82. The quantitative estimate of drug-likeness (QED) is 0.723. The van der Waals surface area contributed by atoms with Crippen LogP contribution < -0.4 is 11.1 Å². The highest BCUT2D eigenvalue weighted by Crippen LogP contribution is 2.43. The average Bonchev–Trinajstić information content (AvgIpc) is 2.49. The van der Waals surface area contributed by atoms with E-state index in [1.807, 2.05) is 37.3 Å². The van der Waals surface area contributed by atoms with E-state index in [4.69, 9.17) is 10.5 Å². The van der Waals surface area contributed by atoms with Gasteiger partial charge in [0, 0.05) is 19.8 Å². The van der Waals surface area contributed by atoms with Gasteiger partial charge in [-0.25, -0.2) is 0 Å². The maximum atomic E-state index is 12.2. The van der Waals surface area contributed by atoms with E-state index in [0.29, 0.717) is 6.54 Å². The van der Waals surface area contributed by atoms with E-state index in [1.165, 1.54) is 19.3 Å². The highest BCUT2D eigenvalue weighted by atomic mass is 16.5. The molecule has 1 atom stereocenters. The maximum absolute atomic E-state index is 12.2. The van der Waals surface area contributed by atoms with E-state index in [2.05, 4.69) is 5.32 Å². The van der Waals surface area contributed by atoms with Gasteiger partial charge < -0.3 is 15.8 Å². The Morgan fingerprint density at radius 2 is 2.10 bits per heavy atom. The second-order valence-corrected chi connectivity index (χ2v) is 5.91. The first-order valence-electron chi connectivity index (χ1n) is 7.83. The van der Waals surface area contributed by atoms with Crippen LogP contribution in [0.5, 0.6) is 0 Å². The summed E-state index contributed by atoms with van der Waals surface area (Å²) >= 11 is 0. The second-order valence-electron chi connectivity index (χ2n) is 5.91. The van der Waals surface area contributed by atoms with Gasteiger partial charge in [0.25, 0.3) is 0 Å². The molecule has 4 nitrogen and oxygen atoms in total. The lowest BCUT2D eigenvalue weighted by Gasteiger charge is -2.42. The summed E-state index contributed by atoms with van der Waals surface area (Å²) in [4.78, 5) is 12.2. The zero-order valence-electron chi connectivity index (χ0n) is 12.8. The molecule has 1 fully saturated rings. The predicted molar refractivity (Wildman–Crippen MR) is 83.8 cm³/mol. The zero-order valence-corrected chi connectivity index (χ0v) is 12.8. The van der Waals surface area contributed by atoms with Crippen LogP contribution in [0.1, 0.15) is 44.2 Å². The van der Waals surface area contributed by atoms with Gasteiger partial charge in [-0.15, -0.1) is 0 Å². The van der Waals surface area contributed by atoms with E-state index in [1.54, 1.807) is 0 Å². The highest BCUT2D eigenvalue weighted by Gasteiger charge is 2.37. The molecule has 1 aromatic rings. The lowest BCUT2D eigenvalue weighted by molar-refractivity contribution is -0.123. The molecule has 1 amide bonds. The Bertz CT molecular complexity index is 443. The fourth-order valence-electron chi connectivity index (χ4n) is 2.82. The molecule has 0 bridgehead atoms. The Morgan fingerprint density at radius 3 is 2.67 bits per heavy atom. The first kappa shape index (κ1) is 16.0. The van der Waals surface area contributed by atoms with Gasteiger partial charge in [0.15, 0.2) is 0 Å². The number of amides is 1. The van der Waals surface area contributed by atoms with E-state index in [0.717, 1.165) is 25.2 Å². The predicted octanol–water partition coefficient (Wildman–Crippen LogP) is 2.40. The summed E-state index contributed by atoms with van der Waals surface area (Å²) in [5, 5.41) is 3.03. The lowest BCUT2D eigenvalue weighted by Crippen LogP contribution is -2.45. The molecule has 116 valence electrons. The number of nitrogens with one attached hydrogen (secondary N) is 1. The molecule has 21 heavy (non-hydrogen) atoms. The van der Waals surface area contributed by atoms with Crippen molar-refractivity contribution in [3.05, 3.63) is 35.9 Å². The summed E-state index contributed by atoms with van der Waals surface area (Å²) < 4.78 is 5.45. The summed E-state index contributed by atoms with van der Waals surface area (Å²) in [6, 6.07) is 8.91. The largest absolute Gasteiger partial charge is 0.382 e. The number of hydrogen-bond donors (Lipinski definition) is 2. The van der Waals surface area contributed by atoms with Crippen LogP contribution in [0.2, 0.25) is 0 Å². The van der Waals surface area contributed by atoms with Gasteiger partial charge in [-0.05, 0) is 37.2 Å². The lowest BCUT2D eigenvalue weighted by atomic mass is 9.66. The van der Waals surface area contributed by atoms with Crippen LogP contribution in [0.25, 0.3) is 0 Å². The molecule has 0 aliphatic heterocycles. The van der Waals surface area contributed by atoms with E-state index in [-0.39, 0.29) is 11.3 Å². The summed E-state index contributed by atoms with van der Waals surface area (Å²) in [5.41, 5.74) is 7.09. The van der Waals surface area contributed by atoms with Crippen LogP contribution in [-0.2, 0) is 9.53 Å². The normalized spacial score (nSPS) is 17.8. The number of benzene rings is 1. The Morgan fingerprint density at radius 1 is 1.38 bits per heavy atom. The van der Waals surface area contributed by atoms with Gasteiger partial charge >= 0.3 is 0 Å². The number of nitrogens with two attached hydrogens (primary N) is 1. The minimum Gasteiger partial charge on any atom is -0.382 e. The molecule has 0 aromatic heterocycles. The van der Waals surface area contributed by atoms with Gasteiger partial charge in [0.1, 0.15) is 6.04 Å². The third-order valence-corrected chi connectivity index (χ3v) is 4.47. The monoisotopic (exact) mass is 290 g/mol. The van der Waals surface area contributed by atoms with Crippen molar-refractivity contribution in [2.45, 2.75) is 38.6 Å². The summed E-state index contributed by atoms with van der Waals surface area (Å²) in [5.74, 6) is -0.0936. The maximum Gasteiger partial charge on any atom is 0.241 e. The van der Waals surface area contributed by atoms with Crippen molar-refractivity contribution in [3.63, 3.8) is 0 Å². The van der Waals surface area contributed by atoms with E-state index < -0.39 is 6.04 Å². The van der Waals surface area contributed by atoms with Crippen LogP contribution in [0, 0.1) is 5.41 Å². The fourth-order valence-corrected chi connectivity index (χ4v) is 2.82. The number of hydrogen-bond acceptors (Lipinski definition) is 3. The second kappa shape index (κ2) is 7.57. The van der Waals surface area contributed by atoms with Gasteiger partial charge in [-0.2, -0.15) is 0 Å². The van der Waals surface area contributed by atoms with Gasteiger partial charge in [-0.3, -0.25) is 4.79 Å². The number of ether oxygens (including phenoxy) is 1. The fraction of sp³-hybridized carbons (Fsp3) is 0.588. The van der Waals surface area contributed by atoms with Crippen molar-refractivity contribution >= 4 is 5.91 Å². The molecule has 0 heterocycles. The Kier molecular flexibility index (Phi) is 5.76. The van der Waals surface area contributed by atoms with Crippen molar-refractivity contribution in [3.8, 4) is 0 Å². The van der Waals surface area contributed by atoms with Crippen molar-refractivity contribution in [2.75, 3.05) is 19.8 Å². The first-order valence-corrected chi connectivity index (χ1v) is 7.83. The van der Waals surface area contributed by atoms with Gasteiger partial charge in [0.05, 0.1) is 0 Å². The van der Waals surface area contributed by atoms with Crippen LogP contribution in [-0.4, -0.2) is 25.7 Å². The molecule has 3 N–H and O–H groups in total. The molecule has 4 heteroatoms. The molecule has 0 spiro atoms. The van der Waals surface area contributed by atoms with Crippen LogP contribution >= 0.6 is 0 Å². The van der Waals surface area contributed by atoms with Crippen LogP contribution in [0.15, 0.2) is 30.3 Å². The molecule has 1 unspecified atom stereocenters. The summed E-state index contributed by atoms with van der Waals surface area (Å²) in [7, 11) is 0. The smallest absolute Gasteiger partial charge is 0.241 e. The number of rotatable bonds is 8. The average molecular weight is 290 g/mol. The van der Waals surface area contributed by atoms with Gasteiger partial charge in [0.2, 0.25) is 5.91 Å². The van der Waals surface area contributed by atoms with E-state index >= 15 is 0 Å². The molecule has 0 saturated heterocycles. The Hall–Kier alpha value is -1.39. The van der Waals surface area contributed by atoms with Crippen molar-refractivity contribution in [1.82, 2.24) is 5.32 Å². The summed E-state index contributed by atoms with van der Waals surface area (Å²) in [6.45, 7) is 4.24. The molecule has 1 aliphatic rings. The molecular formula is C17H26N2O2. The SMILES string of the molecule is CCOCCC1(CNC(=O)C(N)c2ccccc2)CCC1. The van der Waals surface area contributed by atoms with Crippen molar-refractivity contribution in [2.24, 2.45) is 11.1 Å². The highest BCUT2D eigenvalue weighted by molar-refractivity contribution is 5.82. The van der Waals surface area contributed by atoms with Gasteiger partial charge in [-0.1, -0.05) is 36.8 Å². The van der Waals surface area contributed by atoms with Crippen molar-refractivity contribution in [1.29, 1.82) is 0 Å². The Labute approximate surface area is 127 Å². The molecular weight excluding hydrogens is 264 g/mol. The molecule has 1 aliphatic carbocycles. The minimum absolute atomic E-state index is 0.0936. The summed E-state index contributed by atoms with van der Waals surface area (Å²) in [6.07, 6.45) is 4.59. The zero-order chi connectivity index (χ0) is 15.1. The number of carbonyl (C=O) groups is 1. The van der Waals surface area contributed by atoms with Crippen LogP contribution in [0.4, 0.5) is 0 Å². The third kappa shape index (κ3) is 4.29. The standard InChI is InChI=1S/C17H26N2O2/c1-2-21-12-11-17(9-6-10-17)13-19-16(20)15(18)14-7-4-3-5-8-14/h3-5,7-8,15H,2,6,9-13,18H2,1H3,(H,19,20). The first-order chi connectivity index (χ1) is 10.2. The third-order valence-electron chi connectivity index (χ3n) is 4.47.